The Bertz CT molecular complexity index is 661. The lowest BCUT2D eigenvalue weighted by Crippen LogP contribution is -2.30. The zero-order valence-electron chi connectivity index (χ0n) is 12.1. The van der Waals surface area contributed by atoms with Gasteiger partial charge < -0.3 is 15.2 Å². The van der Waals surface area contributed by atoms with Crippen LogP contribution in [0.5, 0.6) is 5.75 Å². The summed E-state index contributed by atoms with van der Waals surface area (Å²) in [5, 5.41) is 13.0. The van der Waals surface area contributed by atoms with Crippen LogP contribution in [0, 0.1) is 5.92 Å². The largest absolute Gasteiger partial charge is 0.434 e. The van der Waals surface area contributed by atoms with Gasteiger partial charge in [0.15, 0.2) is 0 Å². The number of aliphatic hydroxyl groups is 1. The van der Waals surface area contributed by atoms with Gasteiger partial charge in [-0.25, -0.2) is 0 Å². The molecule has 0 radical (unpaired) electrons. The second-order valence-corrected chi connectivity index (χ2v) is 5.07. The average molecular weight is 309 g/mol. The minimum atomic E-state index is -3.01. The van der Waals surface area contributed by atoms with Crippen LogP contribution in [0.3, 0.4) is 0 Å². The normalized spacial score (nSPS) is 12.4. The number of halogens is 2. The van der Waals surface area contributed by atoms with Crippen molar-refractivity contribution in [2.45, 2.75) is 13.5 Å². The lowest BCUT2D eigenvalue weighted by atomic mass is 10.0. The summed E-state index contributed by atoms with van der Waals surface area (Å²) in [6, 6.07) is 10.1. The van der Waals surface area contributed by atoms with Crippen molar-refractivity contribution in [3.05, 3.63) is 42.0 Å². The second-order valence-electron chi connectivity index (χ2n) is 5.07. The highest BCUT2D eigenvalue weighted by atomic mass is 19.3. The van der Waals surface area contributed by atoms with Gasteiger partial charge in [0.25, 0.3) is 5.91 Å². The number of amides is 1. The van der Waals surface area contributed by atoms with E-state index in [2.05, 4.69) is 10.1 Å². The molecule has 0 aromatic heterocycles. The Morgan fingerprint density at radius 1 is 1.27 bits per heavy atom. The number of carbonyl (C=O) groups excluding carboxylic acids is 1. The molecule has 2 aromatic carbocycles. The Morgan fingerprint density at radius 2 is 1.91 bits per heavy atom. The standard InChI is InChI=1S/C16H17F2NO3/c1-10(9-20)8-19-15(21)13-6-11-4-2-3-5-12(11)7-14(13)22-16(17)18/h2-7,10,16,20H,8-9H2,1H3,(H,19,21). The maximum Gasteiger partial charge on any atom is 0.387 e. The van der Waals surface area contributed by atoms with E-state index in [0.717, 1.165) is 5.39 Å². The van der Waals surface area contributed by atoms with Gasteiger partial charge in [0.05, 0.1) is 5.56 Å². The van der Waals surface area contributed by atoms with Crippen LogP contribution in [-0.2, 0) is 0 Å². The summed E-state index contributed by atoms with van der Waals surface area (Å²) in [4.78, 5) is 12.2. The Labute approximate surface area is 126 Å². The predicted molar refractivity (Wildman–Crippen MR) is 79.2 cm³/mol. The third-order valence-corrected chi connectivity index (χ3v) is 3.23. The van der Waals surface area contributed by atoms with E-state index >= 15 is 0 Å². The Morgan fingerprint density at radius 3 is 2.50 bits per heavy atom. The number of benzene rings is 2. The molecule has 2 aromatic rings. The maximum atomic E-state index is 12.5. The van der Waals surface area contributed by atoms with Crippen molar-refractivity contribution < 1.29 is 23.4 Å². The highest BCUT2D eigenvalue weighted by molar-refractivity contribution is 6.01. The summed E-state index contributed by atoms with van der Waals surface area (Å²) in [5.74, 6) is -0.798. The van der Waals surface area contributed by atoms with Crippen molar-refractivity contribution in [1.29, 1.82) is 0 Å². The van der Waals surface area contributed by atoms with Crippen molar-refractivity contribution in [2.75, 3.05) is 13.2 Å². The number of alkyl halides is 2. The summed E-state index contributed by atoms with van der Waals surface area (Å²) in [6.07, 6.45) is 0. The Balaban J connectivity index is 2.34. The van der Waals surface area contributed by atoms with Gasteiger partial charge in [-0.3, -0.25) is 4.79 Å². The molecule has 4 nitrogen and oxygen atoms in total. The van der Waals surface area contributed by atoms with Crippen molar-refractivity contribution in [1.82, 2.24) is 5.32 Å². The number of hydrogen-bond donors (Lipinski definition) is 2. The number of nitrogens with one attached hydrogen (secondary N) is 1. The van der Waals surface area contributed by atoms with E-state index in [1.165, 1.54) is 12.1 Å². The van der Waals surface area contributed by atoms with Crippen molar-refractivity contribution in [3.63, 3.8) is 0 Å². The fourth-order valence-corrected chi connectivity index (χ4v) is 2.02. The Hall–Kier alpha value is -2.21. The van der Waals surface area contributed by atoms with Crippen LogP contribution >= 0.6 is 0 Å². The molecule has 0 saturated carbocycles. The summed E-state index contributed by atoms with van der Waals surface area (Å²) < 4.78 is 29.6. The first-order valence-corrected chi connectivity index (χ1v) is 6.88. The molecule has 2 N–H and O–H groups in total. The van der Waals surface area contributed by atoms with Gasteiger partial charge in [-0.15, -0.1) is 0 Å². The molecule has 6 heteroatoms. The molecule has 0 fully saturated rings. The molecule has 0 aliphatic carbocycles. The third kappa shape index (κ3) is 3.92. The summed E-state index contributed by atoms with van der Waals surface area (Å²) in [5.41, 5.74) is 0.0455. The van der Waals surface area contributed by atoms with Gasteiger partial charge in [0.1, 0.15) is 5.75 Å². The minimum absolute atomic E-state index is 0.0455. The molecule has 0 saturated heterocycles. The van der Waals surface area contributed by atoms with Gasteiger partial charge in [0.2, 0.25) is 0 Å². The van der Waals surface area contributed by atoms with Crippen molar-refractivity contribution in [2.24, 2.45) is 5.92 Å². The van der Waals surface area contributed by atoms with Crippen LogP contribution in [0.25, 0.3) is 10.8 Å². The number of fused-ring (bicyclic) bond motifs is 1. The highest BCUT2D eigenvalue weighted by Crippen LogP contribution is 2.27. The van der Waals surface area contributed by atoms with E-state index in [1.807, 2.05) is 0 Å². The summed E-state index contributed by atoms with van der Waals surface area (Å²) in [6.45, 7) is -1.07. The van der Waals surface area contributed by atoms with Gasteiger partial charge in [-0.05, 0) is 28.8 Å². The minimum Gasteiger partial charge on any atom is -0.434 e. The number of aliphatic hydroxyl groups excluding tert-OH is 1. The monoisotopic (exact) mass is 309 g/mol. The fraction of sp³-hybridized carbons (Fsp3) is 0.312. The lowest BCUT2D eigenvalue weighted by Gasteiger charge is -2.14. The fourth-order valence-electron chi connectivity index (χ4n) is 2.02. The summed E-state index contributed by atoms with van der Waals surface area (Å²) in [7, 11) is 0. The number of carbonyl (C=O) groups is 1. The van der Waals surface area contributed by atoms with Gasteiger partial charge in [-0.1, -0.05) is 31.2 Å². The molecular formula is C16H17F2NO3. The Kier molecular flexibility index (Phi) is 5.27. The van der Waals surface area contributed by atoms with E-state index in [9.17, 15) is 13.6 Å². The molecule has 2 rings (SSSR count). The molecule has 22 heavy (non-hydrogen) atoms. The van der Waals surface area contributed by atoms with Crippen LogP contribution < -0.4 is 10.1 Å². The molecule has 1 amide bonds. The molecule has 0 aliphatic heterocycles. The van der Waals surface area contributed by atoms with Crippen molar-refractivity contribution in [3.8, 4) is 5.75 Å². The molecule has 0 spiro atoms. The van der Waals surface area contributed by atoms with E-state index < -0.39 is 12.5 Å². The van der Waals surface area contributed by atoms with E-state index in [-0.39, 0.29) is 30.4 Å². The number of hydrogen-bond acceptors (Lipinski definition) is 3. The molecule has 0 heterocycles. The molecule has 1 atom stereocenters. The topological polar surface area (TPSA) is 58.6 Å². The van der Waals surface area contributed by atoms with Crippen LogP contribution in [0.15, 0.2) is 36.4 Å². The molecule has 1 unspecified atom stereocenters. The number of ether oxygens (including phenoxy) is 1. The smallest absolute Gasteiger partial charge is 0.387 e. The van der Waals surface area contributed by atoms with Crippen LogP contribution in [-0.4, -0.2) is 30.8 Å². The second kappa shape index (κ2) is 7.17. The zero-order valence-corrected chi connectivity index (χ0v) is 12.1. The van der Waals surface area contributed by atoms with Gasteiger partial charge in [-0.2, -0.15) is 8.78 Å². The third-order valence-electron chi connectivity index (χ3n) is 3.23. The predicted octanol–water partition coefficient (Wildman–Crippen LogP) is 2.80. The molecule has 118 valence electrons. The summed E-state index contributed by atoms with van der Waals surface area (Å²) >= 11 is 0. The van der Waals surface area contributed by atoms with E-state index in [4.69, 9.17) is 5.11 Å². The maximum absolute atomic E-state index is 12.5. The van der Waals surface area contributed by atoms with Gasteiger partial charge in [0, 0.05) is 13.2 Å². The van der Waals surface area contributed by atoms with E-state index in [1.54, 1.807) is 31.2 Å². The first-order valence-electron chi connectivity index (χ1n) is 6.88. The quantitative estimate of drug-likeness (QED) is 0.862. The average Bonchev–Trinajstić information content (AvgIpc) is 2.51. The highest BCUT2D eigenvalue weighted by Gasteiger charge is 2.17. The van der Waals surface area contributed by atoms with Crippen LogP contribution in [0.4, 0.5) is 8.78 Å². The molecule has 0 aliphatic rings. The first kappa shape index (κ1) is 16.2. The van der Waals surface area contributed by atoms with Crippen molar-refractivity contribution >= 4 is 16.7 Å². The lowest BCUT2D eigenvalue weighted by molar-refractivity contribution is -0.0500. The van der Waals surface area contributed by atoms with Crippen LogP contribution in [0.1, 0.15) is 17.3 Å². The molecular weight excluding hydrogens is 292 g/mol. The van der Waals surface area contributed by atoms with Crippen LogP contribution in [0.2, 0.25) is 0 Å². The van der Waals surface area contributed by atoms with Gasteiger partial charge >= 0.3 is 6.61 Å². The SMILES string of the molecule is CC(CO)CNC(=O)c1cc2ccccc2cc1OC(F)F. The zero-order chi connectivity index (χ0) is 16.1. The number of rotatable bonds is 6. The first-order chi connectivity index (χ1) is 10.5. The molecule has 0 bridgehead atoms. The van der Waals surface area contributed by atoms with E-state index in [0.29, 0.717) is 5.39 Å².